The number of aryl methyl sites for hydroxylation is 2. The van der Waals surface area contributed by atoms with Crippen LogP contribution in [0.2, 0.25) is 0 Å². The van der Waals surface area contributed by atoms with E-state index in [2.05, 4.69) is 36.2 Å². The minimum Gasteiger partial charge on any atom is -0.310 e. The zero-order valence-corrected chi connectivity index (χ0v) is 11.5. The van der Waals surface area contributed by atoms with Crippen molar-refractivity contribution in [3.05, 3.63) is 23.0 Å². The number of hydrogen-bond acceptors (Lipinski definition) is 4. The van der Waals surface area contributed by atoms with Gasteiger partial charge in [-0.2, -0.15) is 5.10 Å². The number of nitrogens with one attached hydrogen (secondary N) is 1. The molecule has 92 valence electrons. The lowest BCUT2D eigenvalue weighted by atomic mass is 10.2. The maximum atomic E-state index is 4.62. The number of thiazole rings is 1. The van der Waals surface area contributed by atoms with E-state index < -0.39 is 0 Å². The largest absolute Gasteiger partial charge is 0.310 e. The zero-order valence-electron chi connectivity index (χ0n) is 10.7. The van der Waals surface area contributed by atoms with E-state index in [1.54, 1.807) is 16.0 Å². The summed E-state index contributed by atoms with van der Waals surface area (Å²) in [6.07, 6.45) is 3.86. The van der Waals surface area contributed by atoms with E-state index in [-0.39, 0.29) is 0 Å². The molecule has 2 aromatic rings. The van der Waals surface area contributed by atoms with E-state index in [9.17, 15) is 0 Å². The van der Waals surface area contributed by atoms with E-state index in [4.69, 9.17) is 0 Å². The van der Waals surface area contributed by atoms with Gasteiger partial charge in [0.1, 0.15) is 5.01 Å². The molecule has 17 heavy (non-hydrogen) atoms. The van der Waals surface area contributed by atoms with E-state index in [1.165, 1.54) is 4.88 Å². The first kappa shape index (κ1) is 12.3. The third-order valence-electron chi connectivity index (χ3n) is 2.69. The fourth-order valence-electron chi connectivity index (χ4n) is 1.86. The molecule has 0 aliphatic heterocycles. The Kier molecular flexibility index (Phi) is 3.59. The van der Waals surface area contributed by atoms with Crippen molar-refractivity contribution in [2.75, 3.05) is 6.54 Å². The molecule has 1 unspecified atom stereocenters. The van der Waals surface area contributed by atoms with Crippen LogP contribution in [0.1, 0.15) is 30.5 Å². The lowest BCUT2D eigenvalue weighted by molar-refractivity contribution is 0.603. The van der Waals surface area contributed by atoms with Gasteiger partial charge in [0.15, 0.2) is 0 Å². The van der Waals surface area contributed by atoms with Crippen molar-refractivity contribution in [2.45, 2.75) is 26.8 Å². The number of aromatic nitrogens is 3. The maximum absolute atomic E-state index is 4.62. The highest BCUT2D eigenvalue weighted by Crippen LogP contribution is 2.31. The van der Waals surface area contributed by atoms with Crippen molar-refractivity contribution in [3.8, 4) is 10.6 Å². The zero-order chi connectivity index (χ0) is 12.4. The summed E-state index contributed by atoms with van der Waals surface area (Å²) < 4.78 is 1.81. The van der Waals surface area contributed by atoms with Gasteiger partial charge in [-0.05, 0) is 20.4 Å². The average Bonchev–Trinajstić information content (AvgIpc) is 2.85. The topological polar surface area (TPSA) is 42.7 Å². The molecule has 0 aromatic carbocycles. The van der Waals surface area contributed by atoms with Crippen molar-refractivity contribution in [2.24, 2.45) is 7.05 Å². The van der Waals surface area contributed by atoms with Gasteiger partial charge in [-0.25, -0.2) is 4.98 Å². The second-order valence-electron chi connectivity index (χ2n) is 4.15. The van der Waals surface area contributed by atoms with Crippen LogP contribution in [0.4, 0.5) is 0 Å². The van der Waals surface area contributed by atoms with E-state index >= 15 is 0 Å². The number of rotatable bonds is 4. The summed E-state index contributed by atoms with van der Waals surface area (Å²) in [5, 5.41) is 8.65. The van der Waals surface area contributed by atoms with Crippen LogP contribution in [0, 0.1) is 6.92 Å². The summed E-state index contributed by atoms with van der Waals surface area (Å²) in [6.45, 7) is 7.34. The summed E-state index contributed by atoms with van der Waals surface area (Å²) in [5.41, 5.74) is 2.21. The van der Waals surface area contributed by atoms with E-state index in [1.807, 2.05) is 19.4 Å². The summed E-state index contributed by atoms with van der Waals surface area (Å²) >= 11 is 1.75. The Labute approximate surface area is 106 Å². The third-order valence-corrected chi connectivity index (χ3v) is 4.08. The molecule has 0 aliphatic carbocycles. The van der Waals surface area contributed by atoms with Gasteiger partial charge in [0, 0.05) is 29.7 Å². The molecule has 0 amide bonds. The Morgan fingerprint density at radius 2 is 2.29 bits per heavy atom. The quantitative estimate of drug-likeness (QED) is 0.906. The number of hydrogen-bond donors (Lipinski definition) is 1. The molecule has 5 heteroatoms. The standard InChI is InChI=1S/C12H18N4S/c1-5-13-8(2)11-9(3)15-12(17-11)10-6-14-16(4)7-10/h6-8,13H,5H2,1-4H3. The molecule has 0 saturated heterocycles. The molecular formula is C12H18N4S. The predicted octanol–water partition coefficient (Wildman–Crippen LogP) is 2.52. The molecule has 0 spiro atoms. The van der Waals surface area contributed by atoms with Crippen LogP contribution in [-0.4, -0.2) is 21.3 Å². The third kappa shape index (κ3) is 2.56. The molecule has 1 atom stereocenters. The highest BCUT2D eigenvalue weighted by Gasteiger charge is 2.15. The van der Waals surface area contributed by atoms with Crippen LogP contribution in [0.3, 0.4) is 0 Å². The van der Waals surface area contributed by atoms with Gasteiger partial charge < -0.3 is 5.32 Å². The molecular weight excluding hydrogens is 232 g/mol. The minimum absolute atomic E-state index is 0.364. The number of nitrogens with zero attached hydrogens (tertiary/aromatic N) is 3. The summed E-state index contributed by atoms with van der Waals surface area (Å²) in [4.78, 5) is 5.93. The highest BCUT2D eigenvalue weighted by molar-refractivity contribution is 7.15. The lowest BCUT2D eigenvalue weighted by Crippen LogP contribution is -2.17. The first-order chi connectivity index (χ1) is 8.11. The Morgan fingerprint density at radius 3 is 2.88 bits per heavy atom. The van der Waals surface area contributed by atoms with Gasteiger partial charge >= 0.3 is 0 Å². The van der Waals surface area contributed by atoms with Crippen molar-refractivity contribution in [1.82, 2.24) is 20.1 Å². The van der Waals surface area contributed by atoms with Gasteiger partial charge in [0.25, 0.3) is 0 Å². The van der Waals surface area contributed by atoms with Crippen molar-refractivity contribution >= 4 is 11.3 Å². The Balaban J connectivity index is 2.30. The Hall–Kier alpha value is -1.20. The lowest BCUT2D eigenvalue weighted by Gasteiger charge is -2.09. The SMILES string of the molecule is CCNC(C)c1sc(-c2cnn(C)c2)nc1C. The van der Waals surface area contributed by atoms with Gasteiger partial charge in [-0.15, -0.1) is 11.3 Å². The van der Waals surface area contributed by atoms with Gasteiger partial charge in [0.05, 0.1) is 11.9 Å². The molecule has 0 aliphatic rings. The summed E-state index contributed by atoms with van der Waals surface area (Å²) in [7, 11) is 1.92. The second-order valence-corrected chi connectivity index (χ2v) is 5.18. The Bertz CT molecular complexity index is 500. The molecule has 2 rings (SSSR count). The first-order valence-corrected chi connectivity index (χ1v) is 6.63. The van der Waals surface area contributed by atoms with Gasteiger partial charge in [0.2, 0.25) is 0 Å². The van der Waals surface area contributed by atoms with Crippen LogP contribution < -0.4 is 5.32 Å². The van der Waals surface area contributed by atoms with Crippen molar-refractivity contribution < 1.29 is 0 Å². The highest BCUT2D eigenvalue weighted by atomic mass is 32.1. The Morgan fingerprint density at radius 1 is 1.53 bits per heavy atom. The molecule has 0 fully saturated rings. The fourth-order valence-corrected chi connectivity index (χ4v) is 2.93. The van der Waals surface area contributed by atoms with Crippen LogP contribution in [0.25, 0.3) is 10.6 Å². The molecule has 0 saturated carbocycles. The van der Waals surface area contributed by atoms with Crippen LogP contribution in [0.15, 0.2) is 12.4 Å². The monoisotopic (exact) mass is 250 g/mol. The molecule has 1 N–H and O–H groups in total. The van der Waals surface area contributed by atoms with Crippen molar-refractivity contribution in [3.63, 3.8) is 0 Å². The second kappa shape index (κ2) is 4.98. The van der Waals surface area contributed by atoms with Gasteiger partial charge in [-0.1, -0.05) is 6.92 Å². The fraction of sp³-hybridized carbons (Fsp3) is 0.500. The van der Waals surface area contributed by atoms with Crippen molar-refractivity contribution in [1.29, 1.82) is 0 Å². The van der Waals surface area contributed by atoms with E-state index in [0.717, 1.165) is 22.8 Å². The maximum Gasteiger partial charge on any atom is 0.127 e. The van der Waals surface area contributed by atoms with Gasteiger partial charge in [-0.3, -0.25) is 4.68 Å². The van der Waals surface area contributed by atoms with E-state index in [0.29, 0.717) is 6.04 Å². The molecule has 2 aromatic heterocycles. The molecule has 4 nitrogen and oxygen atoms in total. The average molecular weight is 250 g/mol. The molecule has 2 heterocycles. The predicted molar refractivity (Wildman–Crippen MR) is 71.1 cm³/mol. The smallest absolute Gasteiger partial charge is 0.127 e. The first-order valence-electron chi connectivity index (χ1n) is 5.81. The van der Waals surface area contributed by atoms with Crippen LogP contribution in [-0.2, 0) is 7.05 Å². The molecule has 0 radical (unpaired) electrons. The normalized spacial score (nSPS) is 12.9. The minimum atomic E-state index is 0.364. The van der Waals surface area contributed by atoms with Crippen LogP contribution in [0.5, 0.6) is 0 Å². The summed E-state index contributed by atoms with van der Waals surface area (Å²) in [6, 6.07) is 0.364. The van der Waals surface area contributed by atoms with Crippen LogP contribution >= 0.6 is 11.3 Å². The molecule has 0 bridgehead atoms. The summed E-state index contributed by atoms with van der Waals surface area (Å²) in [5.74, 6) is 0.